The molecule has 172 valence electrons. The lowest BCUT2D eigenvalue weighted by Crippen LogP contribution is -2.37. The molecule has 1 amide bonds. The van der Waals surface area contributed by atoms with E-state index in [2.05, 4.69) is 12.1 Å². The number of benzene rings is 3. The lowest BCUT2D eigenvalue weighted by Gasteiger charge is -2.27. The molecule has 4 rings (SSSR count). The topological polar surface area (TPSA) is 63.7 Å². The van der Waals surface area contributed by atoms with Crippen LogP contribution in [0, 0.1) is 11.7 Å². The number of amides is 1. The molecule has 0 N–H and O–H groups in total. The lowest BCUT2D eigenvalue weighted by atomic mass is 10.1. The van der Waals surface area contributed by atoms with Gasteiger partial charge >= 0.3 is 10.1 Å². The highest BCUT2D eigenvalue weighted by atomic mass is 32.2. The molecule has 5 nitrogen and oxygen atoms in total. The average molecular weight is 468 g/mol. The van der Waals surface area contributed by atoms with Gasteiger partial charge in [-0.1, -0.05) is 42.5 Å². The van der Waals surface area contributed by atoms with Crippen LogP contribution in [0.2, 0.25) is 0 Å². The van der Waals surface area contributed by atoms with Gasteiger partial charge in [0.05, 0.1) is 0 Å². The van der Waals surface area contributed by atoms with Crippen molar-refractivity contribution < 1.29 is 21.8 Å². The maximum Gasteiger partial charge on any atom is 0.339 e. The highest BCUT2D eigenvalue weighted by Crippen LogP contribution is 2.48. The highest BCUT2D eigenvalue weighted by molar-refractivity contribution is 7.87. The van der Waals surface area contributed by atoms with Crippen LogP contribution in [0.5, 0.6) is 5.75 Å². The molecule has 3 aromatic carbocycles. The largest absolute Gasteiger partial charge is 0.379 e. The third-order valence-electron chi connectivity index (χ3n) is 5.80. The van der Waals surface area contributed by atoms with Crippen molar-refractivity contribution in [3.63, 3.8) is 0 Å². The van der Waals surface area contributed by atoms with Gasteiger partial charge in [-0.25, -0.2) is 4.39 Å². The molecule has 0 heterocycles. The molecule has 1 saturated carbocycles. The fraction of sp³-hybridized carbons (Fsp3) is 0.269. The fourth-order valence-electron chi connectivity index (χ4n) is 3.93. The molecule has 0 aliphatic heterocycles. The second-order valence-corrected chi connectivity index (χ2v) is 10.1. The standard InChI is InChI=1S/C26H26FNO4S/c1-18(2)28(26(29)25-16-24(25)20-8-4-3-5-9-20)17-19-7-6-10-22(15-19)32-33(30,31)23-13-11-21(27)12-14-23/h3-15,18,24-25H,16-17H2,1-2H3. The Morgan fingerprint density at radius 3 is 2.39 bits per heavy atom. The maximum absolute atomic E-state index is 13.2. The van der Waals surface area contributed by atoms with Crippen molar-refractivity contribution in [1.29, 1.82) is 0 Å². The number of halogens is 1. The van der Waals surface area contributed by atoms with Crippen LogP contribution in [0.15, 0.2) is 83.8 Å². The van der Waals surface area contributed by atoms with E-state index < -0.39 is 15.9 Å². The van der Waals surface area contributed by atoms with Gasteiger partial charge in [-0.2, -0.15) is 8.42 Å². The maximum atomic E-state index is 13.2. The van der Waals surface area contributed by atoms with Crippen LogP contribution in [-0.2, 0) is 21.5 Å². The van der Waals surface area contributed by atoms with E-state index in [0.717, 1.165) is 36.2 Å². The Morgan fingerprint density at radius 2 is 1.73 bits per heavy atom. The Hall–Kier alpha value is -3.19. The Labute approximate surface area is 193 Å². The number of rotatable bonds is 8. The zero-order chi connectivity index (χ0) is 23.6. The van der Waals surface area contributed by atoms with Crippen LogP contribution in [0.1, 0.15) is 37.3 Å². The highest BCUT2D eigenvalue weighted by Gasteiger charge is 2.46. The van der Waals surface area contributed by atoms with E-state index >= 15 is 0 Å². The fourth-order valence-corrected chi connectivity index (χ4v) is 4.86. The minimum Gasteiger partial charge on any atom is -0.379 e. The second-order valence-electron chi connectivity index (χ2n) is 8.56. The molecule has 1 aliphatic rings. The first kappa shape index (κ1) is 23.0. The number of carbonyl (C=O) groups is 1. The average Bonchev–Trinajstić information content (AvgIpc) is 3.59. The van der Waals surface area contributed by atoms with Crippen molar-refractivity contribution in [2.75, 3.05) is 0 Å². The van der Waals surface area contributed by atoms with Crippen molar-refractivity contribution in [2.45, 2.75) is 43.7 Å². The second kappa shape index (κ2) is 9.35. The molecule has 2 atom stereocenters. The third-order valence-corrected chi connectivity index (χ3v) is 7.06. The SMILES string of the molecule is CC(C)N(Cc1cccc(OS(=O)(=O)c2ccc(F)cc2)c1)C(=O)C1CC1c1ccccc1. The number of carbonyl (C=O) groups excluding carboxylic acids is 1. The summed E-state index contributed by atoms with van der Waals surface area (Å²) in [4.78, 5) is 14.9. The Morgan fingerprint density at radius 1 is 1.03 bits per heavy atom. The lowest BCUT2D eigenvalue weighted by molar-refractivity contribution is -0.135. The number of hydrogen-bond donors (Lipinski definition) is 0. The van der Waals surface area contributed by atoms with E-state index in [1.165, 1.54) is 5.56 Å². The summed E-state index contributed by atoms with van der Waals surface area (Å²) < 4.78 is 43.4. The summed E-state index contributed by atoms with van der Waals surface area (Å²) >= 11 is 0. The quantitative estimate of drug-likeness (QED) is 0.431. The first-order valence-electron chi connectivity index (χ1n) is 10.9. The summed E-state index contributed by atoms with van der Waals surface area (Å²) in [6, 6.07) is 21.2. The predicted molar refractivity (Wildman–Crippen MR) is 124 cm³/mol. The van der Waals surface area contributed by atoms with Crippen LogP contribution < -0.4 is 4.18 Å². The van der Waals surface area contributed by atoms with E-state index in [9.17, 15) is 17.6 Å². The van der Waals surface area contributed by atoms with Crippen molar-refractivity contribution in [2.24, 2.45) is 5.92 Å². The van der Waals surface area contributed by atoms with Gasteiger partial charge in [0.1, 0.15) is 16.5 Å². The van der Waals surface area contributed by atoms with Gasteiger partial charge in [0.15, 0.2) is 0 Å². The monoisotopic (exact) mass is 467 g/mol. The molecule has 1 fully saturated rings. The van der Waals surface area contributed by atoms with Crippen LogP contribution in [0.4, 0.5) is 4.39 Å². The van der Waals surface area contributed by atoms with Gasteiger partial charge in [-0.05, 0) is 73.7 Å². The van der Waals surface area contributed by atoms with Crippen LogP contribution >= 0.6 is 0 Å². The van der Waals surface area contributed by atoms with Crippen LogP contribution in [0.3, 0.4) is 0 Å². The molecule has 0 bridgehead atoms. The first-order valence-corrected chi connectivity index (χ1v) is 12.3. The van der Waals surface area contributed by atoms with E-state index in [1.54, 1.807) is 18.2 Å². The van der Waals surface area contributed by atoms with Gasteiger partial charge < -0.3 is 9.08 Å². The number of nitrogens with zero attached hydrogens (tertiary/aromatic N) is 1. The van der Waals surface area contributed by atoms with Crippen molar-refractivity contribution in [3.05, 3.63) is 95.8 Å². The summed E-state index contributed by atoms with van der Waals surface area (Å²) in [6.45, 7) is 4.29. The minimum atomic E-state index is -4.10. The predicted octanol–water partition coefficient (Wildman–Crippen LogP) is 5.13. The molecule has 1 aliphatic carbocycles. The molecule has 3 aromatic rings. The Bertz CT molecular complexity index is 1230. The van der Waals surface area contributed by atoms with Crippen molar-refractivity contribution in [3.8, 4) is 5.75 Å². The van der Waals surface area contributed by atoms with Gasteiger partial charge in [-0.3, -0.25) is 4.79 Å². The molecule has 0 spiro atoms. The molecular weight excluding hydrogens is 441 g/mol. The van der Waals surface area contributed by atoms with Gasteiger partial charge in [0.25, 0.3) is 0 Å². The summed E-state index contributed by atoms with van der Waals surface area (Å²) in [5, 5.41) is 0. The smallest absolute Gasteiger partial charge is 0.339 e. The minimum absolute atomic E-state index is 0.0120. The molecule has 33 heavy (non-hydrogen) atoms. The summed E-state index contributed by atoms with van der Waals surface area (Å²) in [5.74, 6) is -0.0752. The zero-order valence-electron chi connectivity index (χ0n) is 18.5. The molecule has 0 aromatic heterocycles. The summed E-state index contributed by atoms with van der Waals surface area (Å²) in [6.07, 6.45) is 0.838. The van der Waals surface area contributed by atoms with Gasteiger partial charge in [0, 0.05) is 18.5 Å². The molecule has 0 radical (unpaired) electrons. The Kier molecular flexibility index (Phi) is 6.51. The van der Waals surface area contributed by atoms with Crippen LogP contribution in [0.25, 0.3) is 0 Å². The van der Waals surface area contributed by atoms with Crippen molar-refractivity contribution in [1.82, 2.24) is 4.90 Å². The normalized spacial score (nSPS) is 17.6. The van der Waals surface area contributed by atoms with Gasteiger partial charge in [-0.15, -0.1) is 0 Å². The van der Waals surface area contributed by atoms with E-state index in [1.807, 2.05) is 43.0 Å². The summed E-state index contributed by atoms with van der Waals surface area (Å²) in [5.41, 5.74) is 1.95. The zero-order valence-corrected chi connectivity index (χ0v) is 19.3. The third kappa shape index (κ3) is 5.42. The van der Waals surface area contributed by atoms with E-state index in [0.29, 0.717) is 6.54 Å². The molecule has 7 heteroatoms. The first-order chi connectivity index (χ1) is 15.7. The van der Waals surface area contributed by atoms with E-state index in [-0.39, 0.29) is 34.4 Å². The van der Waals surface area contributed by atoms with Crippen molar-refractivity contribution >= 4 is 16.0 Å². The molecule has 2 unspecified atom stereocenters. The van der Waals surface area contributed by atoms with Gasteiger partial charge in [0.2, 0.25) is 5.91 Å². The van der Waals surface area contributed by atoms with Crippen LogP contribution in [-0.4, -0.2) is 25.3 Å². The number of hydrogen-bond acceptors (Lipinski definition) is 4. The van der Waals surface area contributed by atoms with E-state index in [4.69, 9.17) is 4.18 Å². The molecular formula is C26H26FNO4S. The Balaban J connectivity index is 1.47. The molecule has 0 saturated heterocycles. The summed E-state index contributed by atoms with van der Waals surface area (Å²) in [7, 11) is -4.10.